The van der Waals surface area contributed by atoms with Crippen molar-refractivity contribution in [3.63, 3.8) is 0 Å². The van der Waals surface area contributed by atoms with Crippen molar-refractivity contribution >= 4 is 29.2 Å². The Morgan fingerprint density at radius 1 is 0.897 bits per heavy atom. The molecule has 1 saturated carbocycles. The first kappa shape index (κ1) is 19.2. The zero-order valence-corrected chi connectivity index (χ0v) is 16.3. The van der Waals surface area contributed by atoms with Gasteiger partial charge < -0.3 is 10.2 Å². The van der Waals surface area contributed by atoms with Crippen molar-refractivity contribution in [3.05, 3.63) is 60.7 Å². The highest BCUT2D eigenvalue weighted by atomic mass is 16.2. The van der Waals surface area contributed by atoms with Gasteiger partial charge in [-0.15, -0.1) is 0 Å². The molecule has 150 valence electrons. The summed E-state index contributed by atoms with van der Waals surface area (Å²) >= 11 is 0. The maximum atomic E-state index is 13.3. The Morgan fingerprint density at radius 2 is 1.52 bits per heavy atom. The number of nitrogens with one attached hydrogen (secondary N) is 1. The van der Waals surface area contributed by atoms with Gasteiger partial charge in [0.2, 0.25) is 5.91 Å². The fraction of sp³-hybridized carbons (Fsp3) is 0.348. The second-order valence-corrected chi connectivity index (χ2v) is 7.62. The molecule has 6 nitrogen and oxygen atoms in total. The monoisotopic (exact) mass is 391 g/mol. The van der Waals surface area contributed by atoms with Crippen LogP contribution in [-0.4, -0.2) is 34.8 Å². The smallest absolute Gasteiger partial charge is 0.326 e. The molecule has 2 aromatic rings. The molecule has 0 unspecified atom stereocenters. The van der Waals surface area contributed by atoms with E-state index in [1.54, 1.807) is 41.3 Å². The van der Waals surface area contributed by atoms with E-state index in [2.05, 4.69) is 5.32 Å². The van der Waals surface area contributed by atoms with Crippen molar-refractivity contribution in [2.45, 2.75) is 50.6 Å². The molecular weight excluding hydrogens is 366 g/mol. The molecule has 2 aromatic carbocycles. The molecule has 4 amide bonds. The molecule has 2 fully saturated rings. The molecule has 29 heavy (non-hydrogen) atoms. The van der Waals surface area contributed by atoms with Crippen molar-refractivity contribution in [1.29, 1.82) is 0 Å². The van der Waals surface area contributed by atoms with Gasteiger partial charge in [-0.25, -0.2) is 9.69 Å². The molecule has 2 aliphatic rings. The number of anilines is 2. The van der Waals surface area contributed by atoms with Crippen molar-refractivity contribution < 1.29 is 14.4 Å². The number of rotatable bonds is 5. The van der Waals surface area contributed by atoms with Crippen LogP contribution in [-0.2, 0) is 9.59 Å². The second-order valence-electron chi connectivity index (χ2n) is 7.62. The molecule has 4 rings (SSSR count). The minimum atomic E-state index is -0.769. The molecule has 1 atom stereocenters. The summed E-state index contributed by atoms with van der Waals surface area (Å²) in [5.74, 6) is -0.590. The van der Waals surface area contributed by atoms with Gasteiger partial charge in [-0.05, 0) is 37.1 Å². The largest absolute Gasteiger partial charge is 0.332 e. The van der Waals surface area contributed by atoms with Crippen LogP contribution >= 0.6 is 0 Å². The van der Waals surface area contributed by atoms with E-state index >= 15 is 0 Å². The molecule has 1 saturated heterocycles. The highest BCUT2D eigenvalue weighted by Gasteiger charge is 2.49. The van der Waals surface area contributed by atoms with E-state index in [4.69, 9.17) is 0 Å². The summed E-state index contributed by atoms with van der Waals surface area (Å²) in [6, 6.07) is 17.0. The molecular formula is C23H25N3O3. The first-order valence-corrected chi connectivity index (χ1v) is 10.2. The lowest BCUT2D eigenvalue weighted by Crippen LogP contribution is -2.45. The Kier molecular flexibility index (Phi) is 5.60. The van der Waals surface area contributed by atoms with Gasteiger partial charge in [-0.1, -0.05) is 55.7 Å². The highest BCUT2D eigenvalue weighted by molar-refractivity contribution is 6.22. The average Bonchev–Trinajstić information content (AvgIpc) is 2.99. The number of para-hydroxylation sites is 2. The van der Waals surface area contributed by atoms with Gasteiger partial charge in [0, 0.05) is 11.7 Å². The Labute approximate surface area is 170 Å². The van der Waals surface area contributed by atoms with E-state index in [0.717, 1.165) is 32.1 Å². The van der Waals surface area contributed by atoms with Gasteiger partial charge in [0.1, 0.15) is 6.04 Å². The van der Waals surface area contributed by atoms with Gasteiger partial charge >= 0.3 is 6.03 Å². The lowest BCUT2D eigenvalue weighted by molar-refractivity contribution is -0.125. The first-order chi connectivity index (χ1) is 14.1. The summed E-state index contributed by atoms with van der Waals surface area (Å²) in [6.07, 6.45) is 4.93. The molecule has 0 bridgehead atoms. The number of hydrogen-bond acceptors (Lipinski definition) is 3. The molecule has 0 radical (unpaired) electrons. The quantitative estimate of drug-likeness (QED) is 0.777. The normalized spacial score (nSPS) is 20.2. The number of carbonyl (C=O) groups excluding carboxylic acids is 3. The Bertz CT molecular complexity index is 879. The molecule has 1 aliphatic carbocycles. The molecule has 1 heterocycles. The second kappa shape index (κ2) is 8.47. The third-order valence-electron chi connectivity index (χ3n) is 5.67. The number of hydrogen-bond donors (Lipinski definition) is 1. The number of benzene rings is 2. The number of amides is 4. The fourth-order valence-electron chi connectivity index (χ4n) is 4.29. The predicted molar refractivity (Wildman–Crippen MR) is 112 cm³/mol. The fourth-order valence-corrected chi connectivity index (χ4v) is 4.29. The van der Waals surface area contributed by atoms with Gasteiger partial charge in [-0.3, -0.25) is 9.59 Å². The molecule has 0 aromatic heterocycles. The Morgan fingerprint density at radius 3 is 2.17 bits per heavy atom. The average molecular weight is 391 g/mol. The number of nitrogens with zero attached hydrogens (tertiary/aromatic N) is 2. The lowest BCUT2D eigenvalue weighted by Gasteiger charge is -2.33. The van der Waals surface area contributed by atoms with E-state index in [-0.39, 0.29) is 30.3 Å². The summed E-state index contributed by atoms with van der Waals surface area (Å²) in [5, 5.41) is 2.83. The van der Waals surface area contributed by atoms with Crippen LogP contribution in [0.3, 0.4) is 0 Å². The Hall–Kier alpha value is -3.15. The zero-order chi connectivity index (χ0) is 20.2. The van der Waals surface area contributed by atoms with Gasteiger partial charge in [0.25, 0.3) is 5.91 Å². The van der Waals surface area contributed by atoms with Crippen LogP contribution in [0.2, 0.25) is 0 Å². The van der Waals surface area contributed by atoms with E-state index in [0.29, 0.717) is 11.4 Å². The van der Waals surface area contributed by atoms with Gasteiger partial charge in [0.15, 0.2) is 0 Å². The minimum absolute atomic E-state index is 0.00318. The van der Waals surface area contributed by atoms with E-state index in [1.807, 2.05) is 24.3 Å². The zero-order valence-electron chi connectivity index (χ0n) is 16.3. The summed E-state index contributed by atoms with van der Waals surface area (Å²) in [6.45, 7) is 0. The highest BCUT2D eigenvalue weighted by Crippen LogP contribution is 2.33. The predicted octanol–water partition coefficient (Wildman–Crippen LogP) is 4.19. The van der Waals surface area contributed by atoms with Crippen LogP contribution < -0.4 is 10.2 Å². The van der Waals surface area contributed by atoms with Crippen LogP contribution in [0.1, 0.15) is 38.5 Å². The van der Waals surface area contributed by atoms with Gasteiger partial charge in [0.05, 0.1) is 12.1 Å². The molecule has 0 spiro atoms. The maximum Gasteiger partial charge on any atom is 0.332 e. The van der Waals surface area contributed by atoms with Crippen LogP contribution in [0.5, 0.6) is 0 Å². The Balaban J connectivity index is 1.58. The van der Waals surface area contributed by atoms with Crippen LogP contribution in [0.4, 0.5) is 16.2 Å². The van der Waals surface area contributed by atoms with Crippen molar-refractivity contribution in [2.75, 3.05) is 10.2 Å². The molecule has 1 aliphatic heterocycles. The van der Waals surface area contributed by atoms with Crippen molar-refractivity contribution in [2.24, 2.45) is 0 Å². The van der Waals surface area contributed by atoms with E-state index < -0.39 is 6.04 Å². The summed E-state index contributed by atoms with van der Waals surface area (Å²) in [5.41, 5.74) is 1.23. The summed E-state index contributed by atoms with van der Waals surface area (Å²) < 4.78 is 0. The summed E-state index contributed by atoms with van der Waals surface area (Å²) in [7, 11) is 0. The topological polar surface area (TPSA) is 69.7 Å². The summed E-state index contributed by atoms with van der Waals surface area (Å²) in [4.78, 5) is 42.1. The SMILES string of the molecule is O=C(C[C@H]1C(=O)N(c2ccccc2)C(=O)N1C1CCCCC1)Nc1ccccc1. The third kappa shape index (κ3) is 4.01. The van der Waals surface area contributed by atoms with Gasteiger partial charge in [-0.2, -0.15) is 0 Å². The maximum absolute atomic E-state index is 13.3. The van der Waals surface area contributed by atoms with Crippen molar-refractivity contribution in [3.8, 4) is 0 Å². The van der Waals surface area contributed by atoms with E-state index in [9.17, 15) is 14.4 Å². The number of urea groups is 1. The van der Waals surface area contributed by atoms with Crippen LogP contribution in [0.15, 0.2) is 60.7 Å². The van der Waals surface area contributed by atoms with E-state index in [1.165, 1.54) is 4.90 Å². The number of imide groups is 1. The standard InChI is InChI=1S/C23H25N3O3/c27-21(24-17-10-4-1-5-11-17)16-20-22(28)26(19-14-8-3-9-15-19)23(29)25(20)18-12-6-2-7-13-18/h1,3-5,8-11,14-15,18,20H,2,6-7,12-13,16H2,(H,24,27)/t20-/m0/s1. The third-order valence-corrected chi connectivity index (χ3v) is 5.67. The van der Waals surface area contributed by atoms with Crippen LogP contribution in [0.25, 0.3) is 0 Å². The first-order valence-electron chi connectivity index (χ1n) is 10.2. The molecule has 1 N–H and O–H groups in total. The minimum Gasteiger partial charge on any atom is -0.326 e. The van der Waals surface area contributed by atoms with Crippen LogP contribution in [0, 0.1) is 0 Å². The number of carbonyl (C=O) groups is 3. The van der Waals surface area contributed by atoms with Crippen molar-refractivity contribution in [1.82, 2.24) is 4.90 Å². The lowest BCUT2D eigenvalue weighted by atomic mass is 9.93. The molecule has 6 heteroatoms.